The molecule has 0 fully saturated rings. The zero-order chi connectivity index (χ0) is 24.7. The third-order valence-corrected chi connectivity index (χ3v) is 6.40. The molecule has 0 saturated carbocycles. The summed E-state index contributed by atoms with van der Waals surface area (Å²) in [4.78, 5) is 23.2. The highest BCUT2D eigenvalue weighted by atomic mass is 127. The number of aliphatic hydroxyl groups is 1. The average molecular weight is 578 g/mol. The van der Waals surface area contributed by atoms with Crippen LogP contribution < -0.4 is 0 Å². The lowest BCUT2D eigenvalue weighted by atomic mass is 9.81. The van der Waals surface area contributed by atoms with Gasteiger partial charge in [0.1, 0.15) is 19.0 Å². The van der Waals surface area contributed by atoms with Gasteiger partial charge in [0.15, 0.2) is 0 Å². The quantitative estimate of drug-likeness (QED) is 0.0905. The van der Waals surface area contributed by atoms with Crippen molar-refractivity contribution < 1.29 is 33.6 Å². The average Bonchev–Trinajstić information content (AvgIpc) is 3.02. The lowest BCUT2D eigenvalue weighted by Gasteiger charge is -2.36. The first-order chi connectivity index (χ1) is 15.8. The van der Waals surface area contributed by atoms with Gasteiger partial charge in [-0.3, -0.25) is 9.59 Å². The Morgan fingerprint density at radius 1 is 1.18 bits per heavy atom. The van der Waals surface area contributed by atoms with Crippen LogP contribution in [-0.2, 0) is 28.5 Å². The van der Waals surface area contributed by atoms with Crippen LogP contribution in [0.3, 0.4) is 0 Å². The van der Waals surface area contributed by atoms with Gasteiger partial charge in [-0.25, -0.2) is 0 Å². The summed E-state index contributed by atoms with van der Waals surface area (Å²) >= 11 is 2.16. The monoisotopic (exact) mass is 578 g/mol. The van der Waals surface area contributed by atoms with Crippen LogP contribution in [-0.4, -0.2) is 55.9 Å². The molecule has 0 aromatic rings. The number of hydrogen-bond donors (Lipinski definition) is 1. The van der Waals surface area contributed by atoms with Crippen LogP contribution in [0.2, 0.25) is 0 Å². The molecule has 0 bridgehead atoms. The summed E-state index contributed by atoms with van der Waals surface area (Å²) in [5, 5.41) is 11.6. The molecule has 0 aromatic heterocycles. The Balaban J connectivity index is 3.05. The van der Waals surface area contributed by atoms with E-state index < -0.39 is 29.7 Å². The summed E-state index contributed by atoms with van der Waals surface area (Å²) in [5.41, 5.74) is -1.24. The smallest absolute Gasteiger partial charge is 0.305 e. The van der Waals surface area contributed by atoms with Gasteiger partial charge in [0, 0.05) is 24.0 Å². The van der Waals surface area contributed by atoms with Crippen molar-refractivity contribution in [2.45, 2.75) is 83.0 Å². The van der Waals surface area contributed by atoms with E-state index in [2.05, 4.69) is 40.3 Å². The topological polar surface area (TPSA) is 91.3 Å². The molecule has 33 heavy (non-hydrogen) atoms. The Kier molecular flexibility index (Phi) is 14.8. The maximum Gasteiger partial charge on any atom is 0.305 e. The second kappa shape index (κ2) is 16.4. The normalized spacial score (nSPS) is 23.8. The molecule has 0 saturated heterocycles. The van der Waals surface area contributed by atoms with Crippen molar-refractivity contribution in [1.82, 2.24) is 0 Å². The third kappa shape index (κ3) is 10.7. The molecule has 1 rings (SSSR count). The van der Waals surface area contributed by atoms with Crippen LogP contribution in [0.4, 0.5) is 0 Å². The van der Waals surface area contributed by atoms with Gasteiger partial charge in [0.2, 0.25) is 0 Å². The molecule has 188 valence electrons. The number of unbranched alkanes of at least 4 members (excludes halogenated alkanes) is 4. The molecule has 1 N–H and O–H groups in total. The molecule has 0 amide bonds. The molecule has 0 aliphatic heterocycles. The van der Waals surface area contributed by atoms with E-state index in [9.17, 15) is 14.7 Å². The first-order valence-corrected chi connectivity index (χ1v) is 12.6. The summed E-state index contributed by atoms with van der Waals surface area (Å²) in [6.45, 7) is 3.57. The molecular weight excluding hydrogens is 539 g/mol. The van der Waals surface area contributed by atoms with Crippen molar-refractivity contribution in [2.75, 3.05) is 21.0 Å². The van der Waals surface area contributed by atoms with Crippen molar-refractivity contribution in [1.29, 1.82) is 0 Å². The van der Waals surface area contributed by atoms with Crippen molar-refractivity contribution in [3.05, 3.63) is 34.0 Å². The molecule has 0 aromatic carbocycles. The minimum absolute atomic E-state index is 0.0556. The highest BCUT2D eigenvalue weighted by molar-refractivity contribution is 14.1. The molecule has 1 aliphatic carbocycles. The second-order valence-electron chi connectivity index (χ2n) is 8.18. The van der Waals surface area contributed by atoms with Gasteiger partial charge in [-0.05, 0) is 66.8 Å². The van der Waals surface area contributed by atoms with Crippen molar-refractivity contribution in [3.8, 4) is 0 Å². The van der Waals surface area contributed by atoms with Gasteiger partial charge < -0.3 is 24.1 Å². The predicted octanol–water partition coefficient (Wildman–Crippen LogP) is 5.01. The summed E-state index contributed by atoms with van der Waals surface area (Å²) < 4.78 is 22.1. The van der Waals surface area contributed by atoms with Crippen LogP contribution in [0, 0.1) is 5.92 Å². The third-order valence-electron chi connectivity index (χ3n) is 5.48. The number of carbonyl (C=O) groups excluding carboxylic acids is 2. The predicted molar refractivity (Wildman–Crippen MR) is 136 cm³/mol. The van der Waals surface area contributed by atoms with Gasteiger partial charge in [-0.2, -0.15) is 0 Å². The maximum atomic E-state index is 11.9. The zero-order valence-electron chi connectivity index (χ0n) is 20.3. The van der Waals surface area contributed by atoms with Gasteiger partial charge in [0.25, 0.3) is 0 Å². The fraction of sp³-hybridized carbons (Fsp3) is 0.680. The number of carbonyl (C=O) groups is 2. The van der Waals surface area contributed by atoms with Gasteiger partial charge in [-0.1, -0.05) is 38.0 Å². The van der Waals surface area contributed by atoms with E-state index in [1.54, 1.807) is 12.2 Å². The zero-order valence-corrected chi connectivity index (χ0v) is 22.4. The van der Waals surface area contributed by atoms with Gasteiger partial charge in [-0.15, -0.1) is 0 Å². The highest BCUT2D eigenvalue weighted by Gasteiger charge is 2.51. The largest absolute Gasteiger partial charge is 0.469 e. The van der Waals surface area contributed by atoms with Crippen molar-refractivity contribution >= 4 is 34.5 Å². The molecular formula is C25H39IO7. The number of ether oxygens (including phenoxy) is 4. The molecule has 8 heteroatoms. The summed E-state index contributed by atoms with van der Waals surface area (Å²) in [5.74, 6) is -1.24. The first kappa shape index (κ1) is 29.8. The van der Waals surface area contributed by atoms with E-state index in [4.69, 9.17) is 14.2 Å². The summed E-state index contributed by atoms with van der Waals surface area (Å²) in [6.07, 6.45) is 14.7. The Morgan fingerprint density at radius 2 is 1.91 bits per heavy atom. The molecule has 0 heterocycles. The number of rotatable bonds is 16. The lowest BCUT2D eigenvalue weighted by Crippen LogP contribution is -2.46. The van der Waals surface area contributed by atoms with Crippen LogP contribution in [0.1, 0.15) is 65.2 Å². The molecule has 4 atom stereocenters. The van der Waals surface area contributed by atoms with E-state index >= 15 is 0 Å². The van der Waals surface area contributed by atoms with Crippen LogP contribution in [0.15, 0.2) is 34.0 Å². The van der Waals surface area contributed by atoms with E-state index in [0.29, 0.717) is 25.7 Å². The van der Waals surface area contributed by atoms with Crippen LogP contribution in [0.5, 0.6) is 0 Å². The summed E-state index contributed by atoms with van der Waals surface area (Å²) in [7, 11) is 2.90. The van der Waals surface area contributed by atoms with E-state index in [1.165, 1.54) is 27.6 Å². The van der Waals surface area contributed by atoms with Crippen molar-refractivity contribution in [2.24, 2.45) is 5.92 Å². The molecule has 0 unspecified atom stereocenters. The van der Waals surface area contributed by atoms with Crippen LogP contribution in [0.25, 0.3) is 0 Å². The fourth-order valence-corrected chi connectivity index (χ4v) is 4.96. The number of allylic oxidation sites excluding steroid dienone is 2. The first-order valence-electron chi connectivity index (χ1n) is 11.6. The van der Waals surface area contributed by atoms with Crippen molar-refractivity contribution in [3.63, 3.8) is 0 Å². The molecule has 0 radical (unpaired) electrons. The Morgan fingerprint density at radius 3 is 2.55 bits per heavy atom. The minimum Gasteiger partial charge on any atom is -0.469 e. The highest BCUT2D eigenvalue weighted by Crippen LogP contribution is 2.45. The SMILES string of the molecule is CCCCC/C=C\C[C@@]1(O)C=C(I)[C@H](OCOC)[C@@H]1[C@H](/C=C\CCCC(=O)OC)OC(C)=O. The van der Waals surface area contributed by atoms with E-state index in [1.807, 2.05) is 12.2 Å². The lowest BCUT2D eigenvalue weighted by molar-refractivity contribution is -0.158. The standard InChI is InChI=1S/C25H39IO7/c1-5-6-7-8-9-13-16-25(29)17-20(26)24(32-18-30-3)23(25)21(33-19(2)27)14-11-10-12-15-22(28)31-4/h9,11,13-14,17,21,23-24,29H,5-8,10,12,15-16,18H2,1-4H3/b13-9-,14-11-/t21-,23-,24-,25+/m0/s1. The molecule has 0 spiro atoms. The number of hydrogen-bond acceptors (Lipinski definition) is 7. The van der Waals surface area contributed by atoms with E-state index in [0.717, 1.165) is 22.8 Å². The van der Waals surface area contributed by atoms with Gasteiger partial charge in [0.05, 0.1) is 18.6 Å². The fourth-order valence-electron chi connectivity index (χ4n) is 3.85. The number of esters is 2. The molecule has 7 nitrogen and oxygen atoms in total. The van der Waals surface area contributed by atoms with Gasteiger partial charge >= 0.3 is 11.9 Å². The Bertz CT molecular complexity index is 688. The molecule has 1 aliphatic rings. The Labute approximate surface area is 211 Å². The maximum absolute atomic E-state index is 11.9. The summed E-state index contributed by atoms with van der Waals surface area (Å²) in [6, 6.07) is 0. The Hall–Kier alpha value is -1.23. The minimum atomic E-state index is -1.24. The number of methoxy groups -OCH3 is 2. The van der Waals surface area contributed by atoms with E-state index in [-0.39, 0.29) is 12.8 Å². The van der Waals surface area contributed by atoms with Crippen LogP contribution >= 0.6 is 22.6 Å². The number of halogens is 1. The second-order valence-corrected chi connectivity index (χ2v) is 9.43.